The van der Waals surface area contributed by atoms with Gasteiger partial charge in [0.15, 0.2) is 0 Å². The number of fused-ring (bicyclic) bond motifs is 3. The van der Waals surface area contributed by atoms with E-state index in [0.29, 0.717) is 28.3 Å². The van der Waals surface area contributed by atoms with E-state index < -0.39 is 12.3 Å². The molecule has 0 saturated heterocycles. The molecule has 22 heavy (non-hydrogen) atoms. The number of carbonyl (C=O) groups is 1. The Hall–Kier alpha value is -2.40. The number of ether oxygens (including phenoxy) is 2. The Bertz CT molecular complexity index is 755. The molecule has 1 atom stereocenters. The van der Waals surface area contributed by atoms with Crippen LogP contribution in [-0.2, 0) is 11.2 Å². The maximum absolute atomic E-state index is 11.8. The van der Waals surface area contributed by atoms with Crippen molar-refractivity contribution >= 4 is 5.97 Å². The zero-order chi connectivity index (χ0) is 15.9. The zero-order valence-electron chi connectivity index (χ0n) is 12.7. The van der Waals surface area contributed by atoms with Gasteiger partial charge in [-0.05, 0) is 37.1 Å². The maximum Gasteiger partial charge on any atom is 0.339 e. The van der Waals surface area contributed by atoms with Gasteiger partial charge in [0.2, 0.25) is 6.29 Å². The zero-order valence-corrected chi connectivity index (χ0v) is 12.7. The van der Waals surface area contributed by atoms with Crippen LogP contribution in [0.15, 0.2) is 24.3 Å². The van der Waals surface area contributed by atoms with Crippen LogP contribution in [0.3, 0.4) is 0 Å². The molecule has 114 valence electrons. The average Bonchev–Trinajstić information content (AvgIpc) is 2.53. The molecule has 0 bridgehead atoms. The Morgan fingerprint density at radius 3 is 2.86 bits per heavy atom. The van der Waals surface area contributed by atoms with Crippen molar-refractivity contribution < 1.29 is 19.4 Å². The van der Waals surface area contributed by atoms with Gasteiger partial charge in [0, 0.05) is 11.1 Å². The van der Waals surface area contributed by atoms with Crippen molar-refractivity contribution in [2.75, 3.05) is 7.11 Å². The lowest BCUT2D eigenvalue weighted by atomic mass is 9.97. The van der Waals surface area contributed by atoms with E-state index in [1.54, 1.807) is 13.0 Å². The summed E-state index contributed by atoms with van der Waals surface area (Å²) in [6.07, 6.45) is -0.254. The fourth-order valence-corrected chi connectivity index (χ4v) is 2.61. The number of aliphatic hydroxyl groups is 1. The summed E-state index contributed by atoms with van der Waals surface area (Å²) in [7, 11) is 1.32. The molecule has 5 nitrogen and oxygen atoms in total. The lowest BCUT2D eigenvalue weighted by Crippen LogP contribution is -2.17. The maximum atomic E-state index is 11.8. The van der Waals surface area contributed by atoms with E-state index in [9.17, 15) is 9.90 Å². The summed E-state index contributed by atoms with van der Waals surface area (Å²) < 4.78 is 10.3. The predicted octanol–water partition coefficient (Wildman–Crippen LogP) is 2.79. The number of methoxy groups -OCH3 is 1. The third-order valence-electron chi connectivity index (χ3n) is 3.86. The number of esters is 1. The monoisotopic (exact) mass is 299 g/mol. The summed E-state index contributed by atoms with van der Waals surface area (Å²) in [5, 5.41) is 10.2. The first-order valence-corrected chi connectivity index (χ1v) is 7.13. The van der Waals surface area contributed by atoms with Crippen LogP contribution < -0.4 is 4.74 Å². The topological polar surface area (TPSA) is 68.7 Å². The third-order valence-corrected chi connectivity index (χ3v) is 3.86. The number of hydrogen-bond donors (Lipinski definition) is 1. The van der Waals surface area contributed by atoms with Gasteiger partial charge in [-0.2, -0.15) is 0 Å². The Labute approximate surface area is 128 Å². The highest BCUT2D eigenvalue weighted by atomic mass is 16.6. The van der Waals surface area contributed by atoms with Crippen molar-refractivity contribution in [1.82, 2.24) is 4.98 Å². The number of aromatic nitrogens is 1. The van der Waals surface area contributed by atoms with Gasteiger partial charge in [-0.3, -0.25) is 4.98 Å². The van der Waals surface area contributed by atoms with Gasteiger partial charge < -0.3 is 14.6 Å². The highest BCUT2D eigenvalue weighted by Crippen LogP contribution is 2.41. The Balaban J connectivity index is 2.22. The number of pyridine rings is 1. The number of rotatable bonds is 2. The van der Waals surface area contributed by atoms with Crippen molar-refractivity contribution in [2.45, 2.75) is 26.6 Å². The standard InChI is InChI=1S/C17H17NO4/c1-4-10-5-6-14-12(7-10)15-13(17(20)22-14)8-11(9(2)18-15)16(19)21-3/h5-8,17,20H,4H2,1-3H3/t17-/m1/s1. The molecule has 0 aliphatic carbocycles. The number of aliphatic hydroxyl groups excluding tert-OH is 1. The number of hydrogen-bond acceptors (Lipinski definition) is 5. The van der Waals surface area contributed by atoms with Crippen LogP contribution in [0.2, 0.25) is 0 Å². The van der Waals surface area contributed by atoms with Crippen LogP contribution in [-0.4, -0.2) is 23.2 Å². The molecule has 2 heterocycles. The van der Waals surface area contributed by atoms with Crippen molar-refractivity contribution in [2.24, 2.45) is 0 Å². The average molecular weight is 299 g/mol. The van der Waals surface area contributed by atoms with Crippen LogP contribution in [0.5, 0.6) is 5.75 Å². The largest absolute Gasteiger partial charge is 0.465 e. The number of carbonyl (C=O) groups excluding carboxylic acids is 1. The number of aryl methyl sites for hydroxylation is 2. The van der Waals surface area contributed by atoms with Gasteiger partial charge in [-0.25, -0.2) is 4.79 Å². The molecule has 2 aromatic rings. The molecule has 0 saturated carbocycles. The van der Waals surface area contributed by atoms with Gasteiger partial charge in [-0.15, -0.1) is 0 Å². The van der Waals surface area contributed by atoms with Gasteiger partial charge in [0.25, 0.3) is 0 Å². The molecule has 1 aliphatic heterocycles. The van der Waals surface area contributed by atoms with Crippen molar-refractivity contribution in [1.29, 1.82) is 0 Å². The van der Waals surface area contributed by atoms with E-state index in [4.69, 9.17) is 9.47 Å². The lowest BCUT2D eigenvalue weighted by molar-refractivity contribution is -0.0217. The summed E-state index contributed by atoms with van der Waals surface area (Å²) in [5.74, 6) is 0.114. The molecular formula is C17H17NO4. The molecule has 0 spiro atoms. The minimum absolute atomic E-state index is 0.332. The molecule has 0 radical (unpaired) electrons. The van der Waals surface area contributed by atoms with Gasteiger partial charge in [-0.1, -0.05) is 13.0 Å². The van der Waals surface area contributed by atoms with E-state index in [-0.39, 0.29) is 0 Å². The lowest BCUT2D eigenvalue weighted by Gasteiger charge is -2.25. The molecule has 3 rings (SSSR count). The Morgan fingerprint density at radius 2 is 2.18 bits per heavy atom. The van der Waals surface area contributed by atoms with Crippen LogP contribution in [0.1, 0.15) is 40.4 Å². The second-order valence-corrected chi connectivity index (χ2v) is 5.21. The van der Waals surface area contributed by atoms with Crippen LogP contribution >= 0.6 is 0 Å². The van der Waals surface area contributed by atoms with Gasteiger partial charge in [0.05, 0.1) is 24.1 Å². The van der Waals surface area contributed by atoms with Crippen molar-refractivity contribution in [3.63, 3.8) is 0 Å². The summed E-state index contributed by atoms with van der Waals surface area (Å²) >= 11 is 0. The molecule has 1 aromatic carbocycles. The molecule has 1 N–H and O–H groups in total. The fraction of sp³-hybridized carbons (Fsp3) is 0.294. The quantitative estimate of drug-likeness (QED) is 0.864. The van der Waals surface area contributed by atoms with Crippen molar-refractivity contribution in [3.8, 4) is 17.0 Å². The summed E-state index contributed by atoms with van der Waals surface area (Å²) in [6, 6.07) is 7.40. The minimum Gasteiger partial charge on any atom is -0.465 e. The Kier molecular flexibility index (Phi) is 3.58. The second kappa shape index (κ2) is 5.42. The summed E-state index contributed by atoms with van der Waals surface area (Å²) in [6.45, 7) is 3.82. The molecule has 5 heteroatoms. The number of benzene rings is 1. The van der Waals surface area contributed by atoms with Crippen molar-refractivity contribution in [3.05, 3.63) is 46.6 Å². The molecule has 0 amide bonds. The normalized spacial score (nSPS) is 15.5. The fourth-order valence-electron chi connectivity index (χ4n) is 2.61. The number of nitrogens with zero attached hydrogens (tertiary/aromatic N) is 1. The van der Waals surface area contributed by atoms with E-state index in [2.05, 4.69) is 11.9 Å². The summed E-state index contributed by atoms with van der Waals surface area (Å²) in [4.78, 5) is 16.3. The molecule has 0 fully saturated rings. The Morgan fingerprint density at radius 1 is 1.41 bits per heavy atom. The molecule has 1 aliphatic rings. The van der Waals surface area contributed by atoms with Crippen LogP contribution in [0.4, 0.5) is 0 Å². The molecular weight excluding hydrogens is 282 g/mol. The first kappa shape index (κ1) is 14.5. The smallest absolute Gasteiger partial charge is 0.339 e. The van der Waals surface area contributed by atoms with E-state index in [0.717, 1.165) is 17.5 Å². The first-order valence-electron chi connectivity index (χ1n) is 7.13. The van der Waals surface area contributed by atoms with E-state index in [1.165, 1.54) is 7.11 Å². The summed E-state index contributed by atoms with van der Waals surface area (Å²) in [5.41, 5.74) is 4.01. The van der Waals surface area contributed by atoms with Crippen LogP contribution in [0, 0.1) is 6.92 Å². The second-order valence-electron chi connectivity index (χ2n) is 5.21. The molecule has 1 aromatic heterocycles. The third kappa shape index (κ3) is 2.23. The van der Waals surface area contributed by atoms with Gasteiger partial charge in [0.1, 0.15) is 5.75 Å². The minimum atomic E-state index is -1.15. The first-order chi connectivity index (χ1) is 10.5. The van der Waals surface area contributed by atoms with Gasteiger partial charge >= 0.3 is 5.97 Å². The molecule has 0 unspecified atom stereocenters. The van der Waals surface area contributed by atoms with E-state index in [1.807, 2.05) is 18.2 Å². The highest BCUT2D eigenvalue weighted by molar-refractivity contribution is 5.91. The SMILES string of the molecule is CCc1ccc2c(c1)-c1nc(C)c(C(=O)OC)cc1[C@H](O)O2. The highest BCUT2D eigenvalue weighted by Gasteiger charge is 2.28. The van der Waals surface area contributed by atoms with E-state index >= 15 is 0 Å². The van der Waals surface area contributed by atoms with Crippen LogP contribution in [0.25, 0.3) is 11.3 Å². The predicted molar refractivity (Wildman–Crippen MR) is 80.7 cm³/mol.